The molecule has 1 atom stereocenters. The zero-order valence-electron chi connectivity index (χ0n) is 26.9. The summed E-state index contributed by atoms with van der Waals surface area (Å²) in [5.74, 6) is 0.288. The highest BCUT2D eigenvalue weighted by Crippen LogP contribution is 2.43. The second-order valence-electron chi connectivity index (χ2n) is 13.3. The number of aliphatic imine (C=N–C) groups is 1. The summed E-state index contributed by atoms with van der Waals surface area (Å²) in [6, 6.07) is 18.2. The number of likely N-dealkylation sites (tertiary alicyclic amines) is 1. The summed E-state index contributed by atoms with van der Waals surface area (Å²) in [7, 11) is 0. The van der Waals surface area contributed by atoms with Crippen molar-refractivity contribution < 1.29 is 14.0 Å². The molecule has 4 aromatic rings. The van der Waals surface area contributed by atoms with E-state index in [1.165, 1.54) is 23.5 Å². The standard InChI is InChI=1S/C38H36FN7O2/c1-25-18-29(8-13-40-25)35-33-19-32(7-6-30(33)20-41-35)46-17-12-38(37(46)48)11-16-44(24-38)23-34(47)45-14-9-27(10-15-45)26-2-4-28(5-3-26)36-42-21-31(39)22-43-36/h2-9,13,18-19,21-22H,10-12,14-17,20,23-24H2,1H3/t38-/m0/s1. The summed E-state index contributed by atoms with van der Waals surface area (Å²) in [4.78, 5) is 50.6. The molecular weight excluding hydrogens is 605 g/mol. The normalized spacial score (nSPS) is 20.8. The van der Waals surface area contributed by atoms with Gasteiger partial charge in [0.25, 0.3) is 0 Å². The summed E-state index contributed by atoms with van der Waals surface area (Å²) in [6.07, 6.45) is 8.60. The molecule has 0 aliphatic carbocycles. The molecule has 4 aliphatic heterocycles. The van der Waals surface area contributed by atoms with Gasteiger partial charge < -0.3 is 9.80 Å². The molecule has 1 spiro atoms. The molecule has 48 heavy (non-hydrogen) atoms. The van der Waals surface area contributed by atoms with Crippen LogP contribution in [0.1, 0.15) is 47.2 Å². The van der Waals surface area contributed by atoms with Crippen molar-refractivity contribution >= 4 is 28.8 Å². The molecule has 2 amide bonds. The largest absolute Gasteiger partial charge is 0.338 e. The average molecular weight is 642 g/mol. The molecule has 10 heteroatoms. The van der Waals surface area contributed by atoms with E-state index in [0.717, 1.165) is 65.2 Å². The van der Waals surface area contributed by atoms with Crippen molar-refractivity contribution in [1.29, 1.82) is 0 Å². The van der Waals surface area contributed by atoms with E-state index >= 15 is 0 Å². The molecule has 6 heterocycles. The predicted molar refractivity (Wildman–Crippen MR) is 182 cm³/mol. The van der Waals surface area contributed by atoms with E-state index in [0.29, 0.717) is 45.1 Å². The van der Waals surface area contributed by atoms with Crippen molar-refractivity contribution in [2.75, 3.05) is 44.2 Å². The number of aromatic nitrogens is 3. The van der Waals surface area contributed by atoms with Crippen LogP contribution in [0.4, 0.5) is 10.1 Å². The maximum Gasteiger partial charge on any atom is 0.237 e. The van der Waals surface area contributed by atoms with E-state index in [2.05, 4.69) is 50.2 Å². The third-order valence-electron chi connectivity index (χ3n) is 10.2. The number of benzene rings is 2. The molecule has 2 aromatic carbocycles. The Balaban J connectivity index is 0.881. The van der Waals surface area contributed by atoms with E-state index < -0.39 is 11.2 Å². The highest BCUT2D eigenvalue weighted by Gasteiger charge is 2.51. The number of nitrogens with zero attached hydrogens (tertiary/aromatic N) is 7. The van der Waals surface area contributed by atoms with Crippen molar-refractivity contribution in [3.63, 3.8) is 0 Å². The van der Waals surface area contributed by atoms with Gasteiger partial charge in [0.05, 0.1) is 36.6 Å². The minimum Gasteiger partial charge on any atom is -0.338 e. The van der Waals surface area contributed by atoms with Gasteiger partial charge in [-0.05, 0) is 73.7 Å². The van der Waals surface area contributed by atoms with Crippen LogP contribution in [-0.2, 0) is 16.1 Å². The van der Waals surface area contributed by atoms with Gasteiger partial charge >= 0.3 is 0 Å². The van der Waals surface area contributed by atoms with Gasteiger partial charge in [0.1, 0.15) is 0 Å². The molecule has 242 valence electrons. The highest BCUT2D eigenvalue weighted by molar-refractivity contribution is 6.16. The summed E-state index contributed by atoms with van der Waals surface area (Å²) in [6.45, 7) is 6.20. The number of amides is 2. The third kappa shape index (κ3) is 5.60. The first-order valence-corrected chi connectivity index (χ1v) is 16.6. The number of aryl methyl sites for hydroxylation is 1. The summed E-state index contributed by atoms with van der Waals surface area (Å²) in [5, 5.41) is 0. The van der Waals surface area contributed by atoms with Crippen molar-refractivity contribution in [3.8, 4) is 11.4 Å². The molecular formula is C38H36FN7O2. The third-order valence-corrected chi connectivity index (χ3v) is 10.2. The number of fused-ring (bicyclic) bond motifs is 1. The van der Waals surface area contributed by atoms with Crippen LogP contribution in [-0.4, -0.2) is 81.5 Å². The van der Waals surface area contributed by atoms with Gasteiger partial charge in [0.2, 0.25) is 11.8 Å². The lowest BCUT2D eigenvalue weighted by Crippen LogP contribution is -2.43. The van der Waals surface area contributed by atoms with Gasteiger partial charge in [0, 0.05) is 60.4 Å². The number of halogens is 1. The van der Waals surface area contributed by atoms with Crippen LogP contribution in [0.5, 0.6) is 0 Å². The Morgan fingerprint density at radius 2 is 1.71 bits per heavy atom. The first-order chi connectivity index (χ1) is 23.3. The molecule has 0 radical (unpaired) electrons. The fraction of sp³-hybridized carbons (Fsp3) is 0.316. The van der Waals surface area contributed by atoms with Crippen LogP contribution in [0.15, 0.2) is 84.3 Å². The lowest BCUT2D eigenvalue weighted by molar-refractivity contribution is -0.132. The van der Waals surface area contributed by atoms with Crippen molar-refractivity contribution in [1.82, 2.24) is 24.8 Å². The number of hydrogen-bond acceptors (Lipinski definition) is 7. The predicted octanol–water partition coefficient (Wildman–Crippen LogP) is 5.08. The zero-order valence-corrected chi connectivity index (χ0v) is 26.9. The van der Waals surface area contributed by atoms with E-state index in [1.54, 1.807) is 0 Å². The Bertz CT molecular complexity index is 1970. The van der Waals surface area contributed by atoms with Crippen molar-refractivity contribution in [2.45, 2.75) is 32.7 Å². The first kappa shape index (κ1) is 30.3. The molecule has 2 fully saturated rings. The molecule has 8 rings (SSSR count). The van der Waals surface area contributed by atoms with Crippen LogP contribution < -0.4 is 4.90 Å². The SMILES string of the molecule is Cc1cc(C2=NCc3ccc(N4CC[C@]5(CCN(CC(=O)N6CC=C(c7ccc(-c8ncc(F)cn8)cc7)CC6)C5)C4=O)cc32)ccn1. The first-order valence-electron chi connectivity index (χ1n) is 16.6. The molecule has 0 bridgehead atoms. The number of hydrogen-bond donors (Lipinski definition) is 0. The van der Waals surface area contributed by atoms with Crippen LogP contribution in [0, 0.1) is 18.2 Å². The van der Waals surface area contributed by atoms with Crippen molar-refractivity contribution in [3.05, 3.63) is 113 Å². The molecule has 4 aliphatic rings. The van der Waals surface area contributed by atoms with Gasteiger partial charge in [-0.1, -0.05) is 36.4 Å². The van der Waals surface area contributed by atoms with Gasteiger partial charge in [-0.3, -0.25) is 24.5 Å². The molecule has 9 nitrogen and oxygen atoms in total. The molecule has 2 saturated heterocycles. The van der Waals surface area contributed by atoms with E-state index in [1.807, 2.05) is 53.3 Å². The second-order valence-corrected chi connectivity index (χ2v) is 13.3. The zero-order chi connectivity index (χ0) is 32.8. The molecule has 2 aromatic heterocycles. The monoisotopic (exact) mass is 641 g/mol. The molecule has 0 unspecified atom stereocenters. The van der Waals surface area contributed by atoms with Gasteiger partial charge in [0.15, 0.2) is 11.6 Å². The minimum absolute atomic E-state index is 0.102. The van der Waals surface area contributed by atoms with Gasteiger partial charge in [-0.15, -0.1) is 0 Å². The summed E-state index contributed by atoms with van der Waals surface area (Å²) >= 11 is 0. The van der Waals surface area contributed by atoms with Crippen LogP contribution >= 0.6 is 0 Å². The lowest BCUT2D eigenvalue weighted by atomic mass is 9.85. The highest BCUT2D eigenvalue weighted by atomic mass is 19.1. The second kappa shape index (κ2) is 12.2. The summed E-state index contributed by atoms with van der Waals surface area (Å²) in [5.41, 5.74) is 8.80. The number of anilines is 1. The molecule has 0 N–H and O–H groups in total. The van der Waals surface area contributed by atoms with E-state index in [9.17, 15) is 14.0 Å². The fourth-order valence-electron chi connectivity index (χ4n) is 7.56. The smallest absolute Gasteiger partial charge is 0.237 e. The lowest BCUT2D eigenvalue weighted by Gasteiger charge is -2.29. The van der Waals surface area contributed by atoms with Crippen molar-refractivity contribution in [2.24, 2.45) is 10.4 Å². The fourth-order valence-corrected chi connectivity index (χ4v) is 7.56. The Morgan fingerprint density at radius 3 is 2.48 bits per heavy atom. The quantitative estimate of drug-likeness (QED) is 0.292. The van der Waals surface area contributed by atoms with Gasteiger partial charge in [-0.2, -0.15) is 0 Å². The Hall–Kier alpha value is -5.09. The van der Waals surface area contributed by atoms with Crippen LogP contribution in [0.3, 0.4) is 0 Å². The Labute approximate surface area is 278 Å². The Kier molecular flexibility index (Phi) is 7.67. The molecule has 0 saturated carbocycles. The number of rotatable bonds is 6. The van der Waals surface area contributed by atoms with E-state index in [4.69, 9.17) is 4.99 Å². The van der Waals surface area contributed by atoms with Crippen LogP contribution in [0.2, 0.25) is 0 Å². The summed E-state index contributed by atoms with van der Waals surface area (Å²) < 4.78 is 13.2. The Morgan fingerprint density at radius 1 is 0.917 bits per heavy atom. The van der Waals surface area contributed by atoms with Gasteiger partial charge in [-0.25, -0.2) is 14.4 Å². The number of pyridine rings is 1. The van der Waals surface area contributed by atoms with E-state index in [-0.39, 0.29) is 11.8 Å². The number of carbonyl (C=O) groups excluding carboxylic acids is 2. The number of carbonyl (C=O) groups is 2. The average Bonchev–Trinajstić information content (AvgIpc) is 3.82. The maximum atomic E-state index is 14.0. The van der Waals surface area contributed by atoms with Crippen LogP contribution in [0.25, 0.3) is 17.0 Å². The maximum absolute atomic E-state index is 14.0. The topological polar surface area (TPSA) is 94.9 Å². The minimum atomic E-state index is -0.460.